The van der Waals surface area contributed by atoms with Gasteiger partial charge in [-0.25, -0.2) is 4.79 Å². The zero-order valence-electron chi connectivity index (χ0n) is 11.9. The summed E-state index contributed by atoms with van der Waals surface area (Å²) in [5, 5.41) is 67.5. The topological polar surface area (TPSA) is 186 Å². The molecular weight excluding hydrogens is 320 g/mol. The van der Waals surface area contributed by atoms with Crippen molar-refractivity contribution < 1.29 is 54.8 Å². The highest BCUT2D eigenvalue weighted by atomic mass is 16.7. The first-order valence-electron chi connectivity index (χ1n) is 6.94. The lowest BCUT2D eigenvalue weighted by Gasteiger charge is -2.41. The molecule has 0 aliphatic carbocycles. The molecule has 11 heteroatoms. The van der Waals surface area contributed by atoms with Crippen molar-refractivity contribution in [1.29, 1.82) is 0 Å². The third-order valence-electron chi connectivity index (χ3n) is 3.82. The highest BCUT2D eigenvalue weighted by molar-refractivity contribution is 5.75. The van der Waals surface area contributed by atoms with Crippen LogP contribution in [0.25, 0.3) is 0 Å². The van der Waals surface area contributed by atoms with Gasteiger partial charge in [0.1, 0.15) is 49.3 Å². The predicted octanol–water partition coefficient (Wildman–Crippen LogP) is -5.19. The second-order valence-corrected chi connectivity index (χ2v) is 5.43. The van der Waals surface area contributed by atoms with Crippen molar-refractivity contribution in [2.45, 2.75) is 55.1 Å². The lowest BCUT2D eigenvalue weighted by atomic mass is 9.98. The standard InChI is InChI=1S/C12H20O11/c13-1-4-5(15)6(16)9(19)12(22-4)23-10-3(14)2-21-11(20)8(18)7(10)17/h3-10,12-19H,1-2H2/t3?,4-,5+,6+,7?,8?,9-,10?,12+/m1/s1. The average Bonchev–Trinajstić information content (AvgIpc) is 2.62. The van der Waals surface area contributed by atoms with Gasteiger partial charge in [-0.3, -0.25) is 0 Å². The van der Waals surface area contributed by atoms with Crippen LogP contribution in [0.15, 0.2) is 0 Å². The number of rotatable bonds is 3. The van der Waals surface area contributed by atoms with Gasteiger partial charge < -0.3 is 50.0 Å². The van der Waals surface area contributed by atoms with Crippen molar-refractivity contribution in [2.75, 3.05) is 13.2 Å². The van der Waals surface area contributed by atoms with E-state index in [1.807, 2.05) is 0 Å². The third-order valence-corrected chi connectivity index (χ3v) is 3.82. The molecular formula is C12H20O11. The van der Waals surface area contributed by atoms with Crippen LogP contribution in [0.5, 0.6) is 0 Å². The van der Waals surface area contributed by atoms with Gasteiger partial charge in [-0.1, -0.05) is 0 Å². The van der Waals surface area contributed by atoms with Crippen LogP contribution in [-0.4, -0.2) is 110 Å². The summed E-state index contributed by atoms with van der Waals surface area (Å²) in [6.07, 6.45) is -15.0. The minimum absolute atomic E-state index is 0.574. The van der Waals surface area contributed by atoms with Crippen LogP contribution in [0, 0.1) is 0 Å². The smallest absolute Gasteiger partial charge is 0.337 e. The van der Waals surface area contributed by atoms with E-state index in [1.165, 1.54) is 0 Å². The van der Waals surface area contributed by atoms with Gasteiger partial charge in [0.25, 0.3) is 0 Å². The molecule has 0 bridgehead atoms. The van der Waals surface area contributed by atoms with E-state index in [0.29, 0.717) is 0 Å². The molecule has 2 rings (SSSR count). The third kappa shape index (κ3) is 3.63. The Hall–Kier alpha value is -0.890. The molecule has 2 saturated heterocycles. The number of ether oxygens (including phenoxy) is 3. The van der Waals surface area contributed by atoms with E-state index in [4.69, 9.17) is 14.6 Å². The number of esters is 1. The summed E-state index contributed by atoms with van der Waals surface area (Å²) in [7, 11) is 0. The number of aliphatic hydroxyl groups excluding tert-OH is 7. The summed E-state index contributed by atoms with van der Waals surface area (Å²) in [5.74, 6) is -1.16. The van der Waals surface area contributed by atoms with Crippen molar-refractivity contribution in [3.05, 3.63) is 0 Å². The molecule has 23 heavy (non-hydrogen) atoms. The van der Waals surface area contributed by atoms with Crippen LogP contribution in [0.4, 0.5) is 0 Å². The number of cyclic esters (lactones) is 1. The number of hydrogen-bond acceptors (Lipinski definition) is 11. The Balaban J connectivity index is 2.13. The predicted molar refractivity (Wildman–Crippen MR) is 67.6 cm³/mol. The fourth-order valence-corrected chi connectivity index (χ4v) is 2.40. The summed E-state index contributed by atoms with van der Waals surface area (Å²) in [4.78, 5) is 11.3. The maximum atomic E-state index is 11.3. The van der Waals surface area contributed by atoms with Gasteiger partial charge in [-0.05, 0) is 0 Å². The molecule has 0 aromatic rings. The van der Waals surface area contributed by atoms with E-state index in [-0.39, 0.29) is 0 Å². The normalized spacial score (nSPS) is 48.7. The van der Waals surface area contributed by atoms with Crippen LogP contribution >= 0.6 is 0 Å². The van der Waals surface area contributed by atoms with Gasteiger partial charge >= 0.3 is 5.97 Å². The van der Waals surface area contributed by atoms with Crippen molar-refractivity contribution in [2.24, 2.45) is 0 Å². The highest BCUT2D eigenvalue weighted by Gasteiger charge is 2.48. The second kappa shape index (κ2) is 7.34. The largest absolute Gasteiger partial charge is 0.461 e. The van der Waals surface area contributed by atoms with Crippen LogP contribution in [0.1, 0.15) is 0 Å². The first-order chi connectivity index (χ1) is 10.8. The van der Waals surface area contributed by atoms with E-state index in [2.05, 4.69) is 4.74 Å². The molecule has 0 spiro atoms. The van der Waals surface area contributed by atoms with Gasteiger partial charge in [0, 0.05) is 0 Å². The summed E-state index contributed by atoms with van der Waals surface area (Å²) < 4.78 is 14.8. The monoisotopic (exact) mass is 340 g/mol. The summed E-state index contributed by atoms with van der Waals surface area (Å²) in [5.41, 5.74) is 0. The average molecular weight is 340 g/mol. The lowest BCUT2D eigenvalue weighted by Crippen LogP contribution is -2.61. The van der Waals surface area contributed by atoms with Crippen LogP contribution in [0.2, 0.25) is 0 Å². The van der Waals surface area contributed by atoms with E-state index in [1.54, 1.807) is 0 Å². The molecule has 4 unspecified atom stereocenters. The molecule has 2 heterocycles. The van der Waals surface area contributed by atoms with Crippen molar-refractivity contribution in [1.82, 2.24) is 0 Å². The molecule has 0 radical (unpaired) electrons. The first kappa shape index (κ1) is 18.4. The minimum Gasteiger partial charge on any atom is -0.461 e. The highest BCUT2D eigenvalue weighted by Crippen LogP contribution is 2.25. The quantitative estimate of drug-likeness (QED) is 0.243. The number of carbonyl (C=O) groups is 1. The van der Waals surface area contributed by atoms with Crippen LogP contribution < -0.4 is 0 Å². The summed E-state index contributed by atoms with van der Waals surface area (Å²) >= 11 is 0. The second-order valence-electron chi connectivity index (χ2n) is 5.43. The van der Waals surface area contributed by atoms with Gasteiger partial charge in [0.05, 0.1) is 6.61 Å². The maximum Gasteiger partial charge on any atom is 0.337 e. The molecule has 2 fully saturated rings. The molecule has 7 N–H and O–H groups in total. The molecule has 0 aromatic carbocycles. The summed E-state index contributed by atoms with van der Waals surface area (Å²) in [6.45, 7) is -1.26. The molecule has 0 aromatic heterocycles. The van der Waals surface area contributed by atoms with Crippen LogP contribution in [0.3, 0.4) is 0 Å². The van der Waals surface area contributed by atoms with Gasteiger partial charge in [0.2, 0.25) is 0 Å². The molecule has 0 amide bonds. The molecule has 134 valence electrons. The van der Waals surface area contributed by atoms with E-state index >= 15 is 0 Å². The Morgan fingerprint density at radius 1 is 1.00 bits per heavy atom. The Bertz CT molecular complexity index is 416. The zero-order valence-corrected chi connectivity index (χ0v) is 11.9. The first-order valence-corrected chi connectivity index (χ1v) is 6.94. The number of aliphatic hydroxyl groups is 7. The molecule has 11 nitrogen and oxygen atoms in total. The van der Waals surface area contributed by atoms with Gasteiger partial charge in [0.15, 0.2) is 12.4 Å². The van der Waals surface area contributed by atoms with E-state index < -0.39 is 74.3 Å². The Morgan fingerprint density at radius 3 is 2.26 bits per heavy atom. The van der Waals surface area contributed by atoms with Crippen molar-refractivity contribution in [3.63, 3.8) is 0 Å². The lowest BCUT2D eigenvalue weighted by molar-refractivity contribution is -0.325. The minimum atomic E-state index is -1.98. The molecule has 0 saturated carbocycles. The van der Waals surface area contributed by atoms with Gasteiger partial charge in [-0.2, -0.15) is 0 Å². The Labute approximate surface area is 130 Å². The van der Waals surface area contributed by atoms with E-state index in [0.717, 1.165) is 0 Å². The maximum absolute atomic E-state index is 11.3. The van der Waals surface area contributed by atoms with Crippen LogP contribution in [-0.2, 0) is 19.0 Å². The SMILES string of the molecule is O=C1OCC(O)C(O[C@@H]2O[C@H](CO)[C@H](O)[C@H](O)[C@H]2O)C(O)C1O. The van der Waals surface area contributed by atoms with Crippen molar-refractivity contribution >= 4 is 5.97 Å². The molecule has 2 aliphatic heterocycles. The van der Waals surface area contributed by atoms with E-state index in [9.17, 15) is 35.4 Å². The molecule has 2 aliphatic rings. The number of carbonyl (C=O) groups excluding carboxylic acids is 1. The fourth-order valence-electron chi connectivity index (χ4n) is 2.40. The molecule has 9 atom stereocenters. The number of hydrogen-bond donors (Lipinski definition) is 7. The van der Waals surface area contributed by atoms with Crippen molar-refractivity contribution in [3.8, 4) is 0 Å². The summed E-state index contributed by atoms with van der Waals surface area (Å²) in [6, 6.07) is 0. The fraction of sp³-hybridized carbons (Fsp3) is 0.917. The zero-order chi connectivity index (χ0) is 17.3. The van der Waals surface area contributed by atoms with Gasteiger partial charge in [-0.15, -0.1) is 0 Å². The Kier molecular flexibility index (Phi) is 5.89. The Morgan fingerprint density at radius 2 is 1.65 bits per heavy atom.